The van der Waals surface area contributed by atoms with Crippen LogP contribution in [-0.4, -0.2) is 11.7 Å². The van der Waals surface area contributed by atoms with Crippen LogP contribution in [0, 0.1) is 5.82 Å². The van der Waals surface area contributed by atoms with E-state index in [0.29, 0.717) is 24.3 Å². The van der Waals surface area contributed by atoms with Crippen LogP contribution in [0.1, 0.15) is 5.69 Å². The summed E-state index contributed by atoms with van der Waals surface area (Å²) in [5.74, 6) is 0.129. The predicted octanol–water partition coefficient (Wildman–Crippen LogP) is 1.98. The normalized spacial score (nSPS) is 10.5. The Morgan fingerprint density at radius 3 is 2.87 bits per heavy atom. The van der Waals surface area contributed by atoms with Gasteiger partial charge in [0.15, 0.2) is 5.76 Å². The number of hydrogen-bond donors (Lipinski definition) is 1. The molecule has 2 aromatic rings. The molecule has 1 heterocycles. The second-order valence-corrected chi connectivity index (χ2v) is 3.20. The minimum Gasteiger partial charge on any atom is -0.356 e. The van der Waals surface area contributed by atoms with Gasteiger partial charge in [0.25, 0.3) is 0 Å². The zero-order valence-corrected chi connectivity index (χ0v) is 8.11. The van der Waals surface area contributed by atoms with Crippen molar-refractivity contribution in [1.82, 2.24) is 5.16 Å². The quantitative estimate of drug-likeness (QED) is 0.835. The Morgan fingerprint density at radius 2 is 2.13 bits per heavy atom. The van der Waals surface area contributed by atoms with Gasteiger partial charge >= 0.3 is 0 Å². The maximum absolute atomic E-state index is 13.4. The van der Waals surface area contributed by atoms with E-state index < -0.39 is 0 Å². The van der Waals surface area contributed by atoms with Gasteiger partial charge < -0.3 is 10.3 Å². The molecule has 0 unspecified atom stereocenters. The zero-order valence-electron chi connectivity index (χ0n) is 8.11. The molecule has 0 saturated heterocycles. The van der Waals surface area contributed by atoms with Crippen molar-refractivity contribution in [3.05, 3.63) is 41.8 Å². The molecule has 0 atom stereocenters. The molecular formula is C11H11FN2O. The number of nitrogens with two attached hydrogens (primary N) is 1. The summed E-state index contributed by atoms with van der Waals surface area (Å²) in [6, 6.07) is 8.15. The molecule has 0 bridgehead atoms. The third-order valence-electron chi connectivity index (χ3n) is 2.10. The van der Waals surface area contributed by atoms with Gasteiger partial charge in [-0.3, -0.25) is 0 Å². The first kappa shape index (κ1) is 9.86. The molecule has 0 fully saturated rings. The number of rotatable bonds is 3. The lowest BCUT2D eigenvalue weighted by Crippen LogP contribution is -2.02. The highest BCUT2D eigenvalue weighted by Crippen LogP contribution is 2.23. The molecule has 2 rings (SSSR count). The van der Waals surface area contributed by atoms with Crippen LogP contribution in [0.25, 0.3) is 11.3 Å². The zero-order chi connectivity index (χ0) is 10.7. The molecule has 0 aliphatic carbocycles. The van der Waals surface area contributed by atoms with Crippen molar-refractivity contribution in [2.45, 2.75) is 6.42 Å². The topological polar surface area (TPSA) is 52.0 Å². The molecule has 0 aliphatic heterocycles. The Balaban J connectivity index is 2.33. The Morgan fingerprint density at radius 1 is 1.33 bits per heavy atom. The van der Waals surface area contributed by atoms with Gasteiger partial charge in [-0.25, -0.2) is 4.39 Å². The molecule has 2 N–H and O–H groups in total. The summed E-state index contributed by atoms with van der Waals surface area (Å²) >= 11 is 0. The lowest BCUT2D eigenvalue weighted by atomic mass is 10.1. The van der Waals surface area contributed by atoms with Crippen LogP contribution in [0.3, 0.4) is 0 Å². The molecule has 0 spiro atoms. The number of aromatic nitrogens is 1. The third kappa shape index (κ3) is 2.05. The fraction of sp³-hybridized carbons (Fsp3) is 0.182. The Bertz CT molecular complexity index is 453. The second kappa shape index (κ2) is 4.23. The standard InChI is InChI=1S/C11H11FN2O/c12-10-4-2-1-3-9(10)11-7-8(5-6-13)14-15-11/h1-4,7H,5-6,13H2. The van der Waals surface area contributed by atoms with Crippen molar-refractivity contribution >= 4 is 0 Å². The molecule has 0 saturated carbocycles. The summed E-state index contributed by atoms with van der Waals surface area (Å²) < 4.78 is 18.4. The van der Waals surface area contributed by atoms with Crippen LogP contribution in [0.4, 0.5) is 4.39 Å². The molecular weight excluding hydrogens is 195 g/mol. The van der Waals surface area contributed by atoms with Crippen LogP contribution in [0.5, 0.6) is 0 Å². The summed E-state index contributed by atoms with van der Waals surface area (Å²) in [4.78, 5) is 0. The van der Waals surface area contributed by atoms with Crippen molar-refractivity contribution < 1.29 is 8.91 Å². The van der Waals surface area contributed by atoms with Gasteiger partial charge in [-0.2, -0.15) is 0 Å². The highest BCUT2D eigenvalue weighted by Gasteiger charge is 2.09. The van der Waals surface area contributed by atoms with Gasteiger partial charge in [-0.1, -0.05) is 17.3 Å². The number of benzene rings is 1. The Labute approximate surface area is 86.7 Å². The summed E-state index contributed by atoms with van der Waals surface area (Å²) in [5, 5.41) is 3.80. The molecule has 0 radical (unpaired) electrons. The molecule has 15 heavy (non-hydrogen) atoms. The largest absolute Gasteiger partial charge is 0.356 e. The van der Waals surface area contributed by atoms with Gasteiger partial charge in [0.05, 0.1) is 11.3 Å². The fourth-order valence-corrected chi connectivity index (χ4v) is 1.37. The number of hydrogen-bond acceptors (Lipinski definition) is 3. The maximum atomic E-state index is 13.4. The van der Waals surface area contributed by atoms with Gasteiger partial charge in [-0.05, 0) is 18.7 Å². The van der Waals surface area contributed by atoms with Crippen molar-refractivity contribution in [3.63, 3.8) is 0 Å². The maximum Gasteiger partial charge on any atom is 0.170 e. The molecule has 1 aromatic carbocycles. The summed E-state index contributed by atoms with van der Waals surface area (Å²) in [7, 11) is 0. The summed E-state index contributed by atoms with van der Waals surface area (Å²) in [5.41, 5.74) is 6.55. The molecule has 4 heteroatoms. The Hall–Kier alpha value is -1.68. The van der Waals surface area contributed by atoms with E-state index in [-0.39, 0.29) is 5.82 Å². The van der Waals surface area contributed by atoms with Crippen LogP contribution in [-0.2, 0) is 6.42 Å². The average molecular weight is 206 g/mol. The molecule has 0 aliphatic rings. The van der Waals surface area contributed by atoms with Crippen molar-refractivity contribution in [1.29, 1.82) is 0 Å². The van der Waals surface area contributed by atoms with E-state index in [1.165, 1.54) is 6.07 Å². The average Bonchev–Trinajstić information content (AvgIpc) is 2.68. The van der Waals surface area contributed by atoms with Crippen LogP contribution in [0.2, 0.25) is 0 Å². The lowest BCUT2D eigenvalue weighted by Gasteiger charge is -1.95. The monoisotopic (exact) mass is 206 g/mol. The smallest absolute Gasteiger partial charge is 0.170 e. The third-order valence-corrected chi connectivity index (χ3v) is 2.10. The van der Waals surface area contributed by atoms with E-state index >= 15 is 0 Å². The lowest BCUT2D eigenvalue weighted by molar-refractivity contribution is 0.421. The number of halogens is 1. The number of nitrogens with zero attached hydrogens (tertiary/aromatic N) is 1. The molecule has 0 amide bonds. The first-order valence-electron chi connectivity index (χ1n) is 4.72. The highest BCUT2D eigenvalue weighted by atomic mass is 19.1. The van der Waals surface area contributed by atoms with E-state index in [0.717, 1.165) is 5.69 Å². The summed E-state index contributed by atoms with van der Waals surface area (Å²) in [6.45, 7) is 0.503. The molecule has 3 nitrogen and oxygen atoms in total. The Kier molecular flexibility index (Phi) is 2.78. The van der Waals surface area contributed by atoms with Gasteiger partial charge in [0.1, 0.15) is 5.82 Å². The summed E-state index contributed by atoms with van der Waals surface area (Å²) in [6.07, 6.45) is 0.637. The van der Waals surface area contributed by atoms with Crippen molar-refractivity contribution in [3.8, 4) is 11.3 Å². The van der Waals surface area contributed by atoms with Gasteiger partial charge in [0, 0.05) is 12.5 Å². The van der Waals surface area contributed by atoms with Crippen LogP contribution >= 0.6 is 0 Å². The first-order chi connectivity index (χ1) is 7.31. The van der Waals surface area contributed by atoms with E-state index in [1.807, 2.05) is 0 Å². The van der Waals surface area contributed by atoms with E-state index in [9.17, 15) is 4.39 Å². The van der Waals surface area contributed by atoms with Crippen LogP contribution < -0.4 is 5.73 Å². The molecule has 1 aromatic heterocycles. The predicted molar refractivity (Wildman–Crippen MR) is 54.7 cm³/mol. The van der Waals surface area contributed by atoms with Crippen LogP contribution in [0.15, 0.2) is 34.9 Å². The molecule has 78 valence electrons. The van der Waals surface area contributed by atoms with Crippen molar-refractivity contribution in [2.24, 2.45) is 5.73 Å². The SMILES string of the molecule is NCCc1cc(-c2ccccc2F)on1. The van der Waals surface area contributed by atoms with Crippen molar-refractivity contribution in [2.75, 3.05) is 6.54 Å². The van der Waals surface area contributed by atoms with E-state index in [1.54, 1.807) is 24.3 Å². The highest BCUT2D eigenvalue weighted by molar-refractivity contribution is 5.57. The minimum absolute atomic E-state index is 0.312. The minimum atomic E-state index is -0.312. The van der Waals surface area contributed by atoms with Gasteiger partial charge in [-0.15, -0.1) is 0 Å². The fourth-order valence-electron chi connectivity index (χ4n) is 1.37. The van der Waals surface area contributed by atoms with E-state index in [2.05, 4.69) is 5.16 Å². The van der Waals surface area contributed by atoms with Gasteiger partial charge in [0.2, 0.25) is 0 Å². The van der Waals surface area contributed by atoms with E-state index in [4.69, 9.17) is 10.3 Å². The first-order valence-corrected chi connectivity index (χ1v) is 4.72. The second-order valence-electron chi connectivity index (χ2n) is 3.20.